The summed E-state index contributed by atoms with van der Waals surface area (Å²) in [6.07, 6.45) is 4.81. The van der Waals surface area contributed by atoms with Crippen molar-refractivity contribution in [3.05, 3.63) is 52.8 Å². The van der Waals surface area contributed by atoms with E-state index in [1.54, 1.807) is 16.3 Å². The SMILES string of the molecule is C[C@H](NC(=O)c1csc(-c2cnn(C)c2)n1)c1ccc2c(c1)CCC(=O)N2. The van der Waals surface area contributed by atoms with Crippen LogP contribution in [-0.2, 0) is 18.3 Å². The van der Waals surface area contributed by atoms with Crippen molar-refractivity contribution in [3.8, 4) is 10.6 Å². The van der Waals surface area contributed by atoms with E-state index in [4.69, 9.17) is 0 Å². The zero-order chi connectivity index (χ0) is 19.0. The topological polar surface area (TPSA) is 88.9 Å². The molecule has 0 aliphatic carbocycles. The molecule has 0 fully saturated rings. The Morgan fingerprint density at radius 2 is 2.22 bits per heavy atom. The van der Waals surface area contributed by atoms with Crippen LogP contribution in [0.25, 0.3) is 10.6 Å². The van der Waals surface area contributed by atoms with Crippen LogP contribution in [0.1, 0.15) is 41.0 Å². The number of aryl methyl sites for hydroxylation is 2. The number of nitrogens with zero attached hydrogens (tertiary/aromatic N) is 3. The van der Waals surface area contributed by atoms with Crippen LogP contribution in [0.5, 0.6) is 0 Å². The minimum Gasteiger partial charge on any atom is -0.344 e. The molecule has 0 bridgehead atoms. The van der Waals surface area contributed by atoms with Gasteiger partial charge in [0, 0.05) is 36.3 Å². The average Bonchev–Trinajstić information content (AvgIpc) is 3.30. The van der Waals surface area contributed by atoms with E-state index in [0.717, 1.165) is 33.8 Å². The summed E-state index contributed by atoms with van der Waals surface area (Å²) in [4.78, 5) is 28.5. The second kappa shape index (κ2) is 6.96. The number of rotatable bonds is 4. The number of anilines is 1. The van der Waals surface area contributed by atoms with Crippen LogP contribution in [0.3, 0.4) is 0 Å². The summed E-state index contributed by atoms with van der Waals surface area (Å²) in [7, 11) is 1.84. The van der Waals surface area contributed by atoms with E-state index in [-0.39, 0.29) is 17.9 Å². The van der Waals surface area contributed by atoms with Gasteiger partial charge < -0.3 is 10.6 Å². The molecule has 1 aliphatic rings. The van der Waals surface area contributed by atoms with Gasteiger partial charge in [-0.25, -0.2) is 4.98 Å². The van der Waals surface area contributed by atoms with Crippen molar-refractivity contribution in [1.82, 2.24) is 20.1 Å². The molecule has 8 heteroatoms. The lowest BCUT2D eigenvalue weighted by atomic mass is 9.98. The second-order valence-corrected chi connectivity index (χ2v) is 7.46. The maximum Gasteiger partial charge on any atom is 0.271 e. The highest BCUT2D eigenvalue weighted by Crippen LogP contribution is 2.27. The van der Waals surface area contributed by atoms with E-state index in [0.29, 0.717) is 12.1 Å². The molecule has 0 saturated heterocycles. The number of aromatic nitrogens is 3. The van der Waals surface area contributed by atoms with Gasteiger partial charge in [-0.15, -0.1) is 11.3 Å². The molecule has 0 spiro atoms. The molecule has 0 unspecified atom stereocenters. The van der Waals surface area contributed by atoms with E-state index >= 15 is 0 Å². The molecule has 0 saturated carbocycles. The van der Waals surface area contributed by atoms with Crippen LogP contribution in [0.15, 0.2) is 36.0 Å². The Hall–Kier alpha value is -3.00. The van der Waals surface area contributed by atoms with Crippen molar-refractivity contribution in [2.75, 3.05) is 5.32 Å². The Balaban J connectivity index is 1.47. The number of carbonyl (C=O) groups is 2. The van der Waals surface area contributed by atoms with E-state index in [9.17, 15) is 9.59 Å². The first-order valence-corrected chi connectivity index (χ1v) is 9.55. The zero-order valence-electron chi connectivity index (χ0n) is 15.0. The average molecular weight is 381 g/mol. The summed E-state index contributed by atoms with van der Waals surface area (Å²) < 4.78 is 1.71. The first-order chi connectivity index (χ1) is 13.0. The largest absolute Gasteiger partial charge is 0.344 e. The van der Waals surface area contributed by atoms with E-state index in [2.05, 4.69) is 20.7 Å². The summed E-state index contributed by atoms with van der Waals surface area (Å²) in [6, 6.07) is 5.71. The zero-order valence-corrected chi connectivity index (χ0v) is 15.8. The van der Waals surface area contributed by atoms with Gasteiger partial charge >= 0.3 is 0 Å². The Labute approximate surface area is 160 Å². The monoisotopic (exact) mass is 381 g/mol. The number of nitrogens with one attached hydrogen (secondary N) is 2. The smallest absolute Gasteiger partial charge is 0.271 e. The van der Waals surface area contributed by atoms with Gasteiger partial charge in [0.2, 0.25) is 5.91 Å². The van der Waals surface area contributed by atoms with Gasteiger partial charge in [-0.3, -0.25) is 14.3 Å². The number of benzene rings is 1. The van der Waals surface area contributed by atoms with Gasteiger partial charge in [-0.1, -0.05) is 12.1 Å². The van der Waals surface area contributed by atoms with Crippen LogP contribution in [0.4, 0.5) is 5.69 Å². The standard InChI is InChI=1S/C19H19N5O2S/c1-11(12-3-5-15-13(7-12)4-6-17(25)22-15)21-18(26)16-10-27-19(23-16)14-8-20-24(2)9-14/h3,5,7-11H,4,6H2,1-2H3,(H,21,26)(H,22,25)/t11-/m0/s1. The number of thiazole rings is 1. The molecule has 2 amide bonds. The molecule has 2 aromatic heterocycles. The van der Waals surface area contributed by atoms with Crippen molar-refractivity contribution < 1.29 is 9.59 Å². The predicted octanol–water partition coefficient (Wildman–Crippen LogP) is 2.92. The van der Waals surface area contributed by atoms with Gasteiger partial charge in [0.15, 0.2) is 0 Å². The third-order valence-corrected chi connectivity index (χ3v) is 5.45. The summed E-state index contributed by atoms with van der Waals surface area (Å²) in [6.45, 7) is 1.94. The summed E-state index contributed by atoms with van der Waals surface area (Å²) in [5.41, 5.74) is 4.25. The Morgan fingerprint density at radius 3 is 3.00 bits per heavy atom. The second-order valence-electron chi connectivity index (χ2n) is 6.60. The minimum atomic E-state index is -0.208. The van der Waals surface area contributed by atoms with Gasteiger partial charge in [-0.05, 0) is 30.5 Å². The fraction of sp³-hybridized carbons (Fsp3) is 0.263. The first kappa shape index (κ1) is 17.4. The van der Waals surface area contributed by atoms with E-state index in [1.807, 2.05) is 38.4 Å². The lowest BCUT2D eigenvalue weighted by molar-refractivity contribution is -0.116. The molecule has 0 radical (unpaired) electrons. The molecule has 1 aromatic carbocycles. The lowest BCUT2D eigenvalue weighted by Gasteiger charge is -2.20. The quantitative estimate of drug-likeness (QED) is 0.727. The molecular formula is C19H19N5O2S. The number of carbonyl (C=O) groups excluding carboxylic acids is 2. The predicted molar refractivity (Wildman–Crippen MR) is 104 cm³/mol. The fourth-order valence-electron chi connectivity index (χ4n) is 3.07. The Kier molecular flexibility index (Phi) is 4.49. The molecule has 3 aromatic rings. The van der Waals surface area contributed by atoms with Crippen LogP contribution >= 0.6 is 11.3 Å². The van der Waals surface area contributed by atoms with E-state index < -0.39 is 0 Å². The number of hydrogen-bond donors (Lipinski definition) is 2. The number of amides is 2. The highest BCUT2D eigenvalue weighted by molar-refractivity contribution is 7.13. The van der Waals surface area contributed by atoms with Crippen molar-refractivity contribution in [2.24, 2.45) is 7.05 Å². The maximum absolute atomic E-state index is 12.6. The number of fused-ring (bicyclic) bond motifs is 1. The molecule has 4 rings (SSSR count). The van der Waals surface area contributed by atoms with Crippen molar-refractivity contribution in [1.29, 1.82) is 0 Å². The van der Waals surface area contributed by atoms with Crippen molar-refractivity contribution in [3.63, 3.8) is 0 Å². The van der Waals surface area contributed by atoms with Crippen LogP contribution in [0.2, 0.25) is 0 Å². The first-order valence-electron chi connectivity index (χ1n) is 8.67. The highest BCUT2D eigenvalue weighted by atomic mass is 32.1. The molecule has 3 heterocycles. The number of hydrogen-bond acceptors (Lipinski definition) is 5. The summed E-state index contributed by atoms with van der Waals surface area (Å²) in [5, 5.41) is 12.5. The van der Waals surface area contributed by atoms with Gasteiger partial charge in [0.1, 0.15) is 10.7 Å². The highest BCUT2D eigenvalue weighted by Gasteiger charge is 2.19. The summed E-state index contributed by atoms with van der Waals surface area (Å²) in [5.74, 6) is -0.163. The van der Waals surface area contributed by atoms with Crippen molar-refractivity contribution in [2.45, 2.75) is 25.8 Å². The van der Waals surface area contributed by atoms with Crippen LogP contribution in [-0.4, -0.2) is 26.6 Å². The Bertz CT molecular complexity index is 1020. The lowest BCUT2D eigenvalue weighted by Crippen LogP contribution is -2.27. The van der Waals surface area contributed by atoms with Gasteiger partial charge in [0.05, 0.1) is 12.2 Å². The molecule has 27 heavy (non-hydrogen) atoms. The van der Waals surface area contributed by atoms with Crippen LogP contribution in [0, 0.1) is 0 Å². The third-order valence-electron chi connectivity index (χ3n) is 4.56. The minimum absolute atomic E-state index is 0.0459. The van der Waals surface area contributed by atoms with Crippen LogP contribution < -0.4 is 10.6 Å². The maximum atomic E-state index is 12.6. The Morgan fingerprint density at radius 1 is 1.37 bits per heavy atom. The summed E-state index contributed by atoms with van der Waals surface area (Å²) >= 11 is 1.42. The molecule has 7 nitrogen and oxygen atoms in total. The molecule has 138 valence electrons. The van der Waals surface area contributed by atoms with E-state index in [1.165, 1.54) is 11.3 Å². The molecule has 1 atom stereocenters. The molecule has 2 N–H and O–H groups in total. The normalized spacial score (nSPS) is 14.4. The third kappa shape index (κ3) is 3.61. The molecular weight excluding hydrogens is 362 g/mol. The van der Waals surface area contributed by atoms with Gasteiger partial charge in [-0.2, -0.15) is 5.10 Å². The van der Waals surface area contributed by atoms with Gasteiger partial charge in [0.25, 0.3) is 5.91 Å². The fourth-order valence-corrected chi connectivity index (χ4v) is 3.84. The molecule has 1 aliphatic heterocycles. The van der Waals surface area contributed by atoms with Crippen molar-refractivity contribution >= 4 is 28.8 Å².